The van der Waals surface area contributed by atoms with Crippen molar-refractivity contribution in [2.45, 2.75) is 6.10 Å². The second kappa shape index (κ2) is 4.42. The summed E-state index contributed by atoms with van der Waals surface area (Å²) >= 11 is 5.61. The van der Waals surface area contributed by atoms with Gasteiger partial charge in [0.1, 0.15) is 18.6 Å². The van der Waals surface area contributed by atoms with E-state index >= 15 is 0 Å². The predicted octanol–water partition coefficient (Wildman–Crippen LogP) is 2.78. The van der Waals surface area contributed by atoms with Gasteiger partial charge < -0.3 is 9.47 Å². The minimum absolute atomic E-state index is 0.101. The van der Waals surface area contributed by atoms with Gasteiger partial charge in [0.05, 0.1) is 0 Å². The van der Waals surface area contributed by atoms with Crippen LogP contribution in [-0.2, 0) is 0 Å². The Kier molecular flexibility index (Phi) is 2.76. The van der Waals surface area contributed by atoms with Crippen LogP contribution in [0.3, 0.4) is 0 Å². The van der Waals surface area contributed by atoms with Crippen molar-refractivity contribution in [2.75, 3.05) is 6.61 Å². The van der Waals surface area contributed by atoms with E-state index in [1.165, 1.54) is 6.33 Å². The minimum Gasteiger partial charge on any atom is -0.485 e. The highest BCUT2D eigenvalue weighted by atomic mass is 35.5. The molecule has 92 valence electrons. The molecule has 4 nitrogen and oxygen atoms in total. The van der Waals surface area contributed by atoms with E-state index in [1.54, 1.807) is 12.1 Å². The summed E-state index contributed by atoms with van der Waals surface area (Å²) in [5.74, 6) is 0.518. The first-order valence-corrected chi connectivity index (χ1v) is 5.68. The number of ether oxygens (including phenoxy) is 2. The van der Waals surface area contributed by atoms with Gasteiger partial charge >= 0.3 is 0 Å². The summed E-state index contributed by atoms with van der Waals surface area (Å²) in [4.78, 5) is 7.42. The molecule has 1 atom stereocenters. The number of para-hydroxylation sites is 2. The summed E-state index contributed by atoms with van der Waals surface area (Å²) in [6, 6.07) is 7.19. The smallest absolute Gasteiger partial charge is 0.185 e. The fourth-order valence-electron chi connectivity index (χ4n) is 1.74. The second-order valence-electron chi connectivity index (χ2n) is 3.73. The number of nitrogens with zero attached hydrogens (tertiary/aromatic N) is 2. The third kappa shape index (κ3) is 1.86. The van der Waals surface area contributed by atoms with Gasteiger partial charge in [-0.3, -0.25) is 0 Å². The Hall–Kier alpha value is -1.88. The monoisotopic (exact) mass is 266 g/mol. The van der Waals surface area contributed by atoms with Gasteiger partial charge in [0, 0.05) is 0 Å². The maximum absolute atomic E-state index is 13.8. The number of fused-ring (bicyclic) bond motifs is 1. The van der Waals surface area contributed by atoms with Gasteiger partial charge in [-0.25, -0.2) is 14.4 Å². The molecule has 1 aromatic heterocycles. The predicted molar refractivity (Wildman–Crippen MR) is 62.3 cm³/mol. The Morgan fingerprint density at radius 2 is 2.00 bits per heavy atom. The zero-order chi connectivity index (χ0) is 12.5. The number of hydrogen-bond donors (Lipinski definition) is 0. The van der Waals surface area contributed by atoms with Crippen LogP contribution in [-0.4, -0.2) is 16.6 Å². The maximum Gasteiger partial charge on any atom is 0.185 e. The Morgan fingerprint density at radius 3 is 2.83 bits per heavy atom. The second-order valence-corrected chi connectivity index (χ2v) is 4.09. The third-order valence-electron chi connectivity index (χ3n) is 2.59. The largest absolute Gasteiger partial charge is 0.485 e. The van der Waals surface area contributed by atoms with E-state index in [4.69, 9.17) is 21.1 Å². The summed E-state index contributed by atoms with van der Waals surface area (Å²) in [5, 5.41) is -0.220. The number of benzene rings is 1. The summed E-state index contributed by atoms with van der Waals surface area (Å²) in [7, 11) is 0. The Labute approximate surface area is 107 Å². The van der Waals surface area contributed by atoms with E-state index in [1.807, 2.05) is 12.1 Å². The zero-order valence-corrected chi connectivity index (χ0v) is 9.89. The van der Waals surface area contributed by atoms with Crippen molar-refractivity contribution >= 4 is 11.6 Å². The lowest BCUT2D eigenvalue weighted by Crippen LogP contribution is -2.23. The SMILES string of the molecule is Fc1c(Cl)ncnc1C1COc2ccccc2O1. The molecule has 0 N–H and O–H groups in total. The Bertz CT molecular complexity index is 594. The molecule has 1 aromatic carbocycles. The van der Waals surface area contributed by atoms with Crippen molar-refractivity contribution in [1.82, 2.24) is 9.97 Å². The minimum atomic E-state index is -0.674. The first-order valence-electron chi connectivity index (χ1n) is 5.30. The third-order valence-corrected chi connectivity index (χ3v) is 2.85. The lowest BCUT2D eigenvalue weighted by Gasteiger charge is -2.26. The van der Waals surface area contributed by atoms with Crippen LogP contribution in [0, 0.1) is 5.82 Å². The van der Waals surface area contributed by atoms with Crippen molar-refractivity contribution in [2.24, 2.45) is 0 Å². The summed E-state index contributed by atoms with van der Waals surface area (Å²) < 4.78 is 24.9. The van der Waals surface area contributed by atoms with Crippen molar-refractivity contribution in [3.8, 4) is 11.5 Å². The first-order chi connectivity index (χ1) is 8.75. The highest BCUT2D eigenvalue weighted by Crippen LogP contribution is 2.36. The number of halogens is 2. The van der Waals surface area contributed by atoms with E-state index < -0.39 is 11.9 Å². The van der Waals surface area contributed by atoms with Crippen LogP contribution in [0.15, 0.2) is 30.6 Å². The summed E-state index contributed by atoms with van der Waals surface area (Å²) in [6.45, 7) is 0.182. The molecule has 0 bridgehead atoms. The van der Waals surface area contributed by atoms with Crippen LogP contribution in [0.5, 0.6) is 11.5 Å². The molecule has 1 unspecified atom stereocenters. The fourth-order valence-corrected chi connectivity index (χ4v) is 1.88. The fraction of sp³-hybridized carbons (Fsp3) is 0.167. The molecule has 1 aliphatic heterocycles. The molecule has 0 saturated carbocycles. The summed E-state index contributed by atoms with van der Waals surface area (Å²) in [5.41, 5.74) is 0.101. The molecule has 2 aromatic rings. The highest BCUT2D eigenvalue weighted by molar-refractivity contribution is 6.29. The lowest BCUT2D eigenvalue weighted by molar-refractivity contribution is 0.0852. The Morgan fingerprint density at radius 1 is 1.22 bits per heavy atom. The van der Waals surface area contributed by atoms with Crippen LogP contribution < -0.4 is 9.47 Å². The van der Waals surface area contributed by atoms with E-state index in [-0.39, 0.29) is 17.5 Å². The molecule has 0 fully saturated rings. The number of rotatable bonds is 1. The van der Waals surface area contributed by atoms with Crippen LogP contribution in [0.1, 0.15) is 11.8 Å². The topological polar surface area (TPSA) is 44.2 Å². The van der Waals surface area contributed by atoms with E-state index in [0.717, 1.165) is 0 Å². The average molecular weight is 267 g/mol. The van der Waals surface area contributed by atoms with E-state index in [2.05, 4.69) is 9.97 Å². The van der Waals surface area contributed by atoms with E-state index in [0.29, 0.717) is 11.5 Å². The molecule has 0 aliphatic carbocycles. The van der Waals surface area contributed by atoms with Gasteiger partial charge in [0.25, 0.3) is 0 Å². The maximum atomic E-state index is 13.8. The zero-order valence-electron chi connectivity index (χ0n) is 9.14. The molecule has 1 aliphatic rings. The molecule has 0 amide bonds. The molecule has 2 heterocycles. The lowest BCUT2D eigenvalue weighted by atomic mass is 10.2. The van der Waals surface area contributed by atoms with Crippen LogP contribution in [0.4, 0.5) is 4.39 Å². The molecule has 6 heteroatoms. The van der Waals surface area contributed by atoms with E-state index in [9.17, 15) is 4.39 Å². The number of aromatic nitrogens is 2. The van der Waals surface area contributed by atoms with Crippen molar-refractivity contribution < 1.29 is 13.9 Å². The van der Waals surface area contributed by atoms with Crippen molar-refractivity contribution in [3.05, 3.63) is 47.3 Å². The Balaban J connectivity index is 1.94. The van der Waals surface area contributed by atoms with Crippen LogP contribution in [0.2, 0.25) is 5.15 Å². The van der Waals surface area contributed by atoms with Crippen LogP contribution >= 0.6 is 11.6 Å². The first kappa shape index (κ1) is 11.2. The molecule has 3 rings (SSSR count). The highest BCUT2D eigenvalue weighted by Gasteiger charge is 2.27. The van der Waals surface area contributed by atoms with Crippen molar-refractivity contribution in [3.63, 3.8) is 0 Å². The molecule has 0 saturated heterocycles. The normalized spacial score (nSPS) is 17.6. The average Bonchev–Trinajstić information content (AvgIpc) is 2.41. The van der Waals surface area contributed by atoms with Gasteiger partial charge in [-0.1, -0.05) is 23.7 Å². The van der Waals surface area contributed by atoms with Gasteiger partial charge in [-0.05, 0) is 12.1 Å². The quantitative estimate of drug-likeness (QED) is 0.745. The molecule has 0 radical (unpaired) electrons. The molecule has 0 spiro atoms. The van der Waals surface area contributed by atoms with Gasteiger partial charge in [0.2, 0.25) is 0 Å². The van der Waals surface area contributed by atoms with Crippen molar-refractivity contribution in [1.29, 1.82) is 0 Å². The standard InChI is InChI=1S/C12H8ClFN2O2/c13-12-10(14)11(15-6-16-12)9-5-17-7-3-1-2-4-8(7)18-9/h1-4,6,9H,5H2. The molecular formula is C12H8ClFN2O2. The summed E-state index contributed by atoms with van der Waals surface area (Å²) in [6.07, 6.45) is 0.574. The van der Waals surface area contributed by atoms with Gasteiger partial charge in [0.15, 0.2) is 28.6 Å². The van der Waals surface area contributed by atoms with Crippen LogP contribution in [0.25, 0.3) is 0 Å². The van der Waals surface area contributed by atoms with Gasteiger partial charge in [-0.15, -0.1) is 0 Å². The number of hydrogen-bond acceptors (Lipinski definition) is 4. The molecule has 18 heavy (non-hydrogen) atoms. The van der Waals surface area contributed by atoms with Gasteiger partial charge in [-0.2, -0.15) is 0 Å². The molecular weight excluding hydrogens is 259 g/mol.